The molecule has 2 aromatic rings. The van der Waals surface area contributed by atoms with Crippen LogP contribution in [0.5, 0.6) is 5.75 Å². The molecule has 0 saturated heterocycles. The van der Waals surface area contributed by atoms with Crippen LogP contribution in [0.2, 0.25) is 0 Å². The van der Waals surface area contributed by atoms with E-state index in [0.717, 1.165) is 12.1 Å². The number of likely N-dealkylation sites (N-methyl/N-ethyl adjacent to an activating group) is 1. The highest BCUT2D eigenvalue weighted by atomic mass is 19.1. The molecular formula is C16H14F3NO2. The number of para-hydroxylation sites is 1. The lowest BCUT2D eigenvalue weighted by molar-refractivity contribution is 0.0772. The first-order valence-corrected chi connectivity index (χ1v) is 6.56. The number of benzene rings is 2. The van der Waals surface area contributed by atoms with Crippen molar-refractivity contribution in [2.24, 2.45) is 0 Å². The standard InChI is InChI=1S/C16H14F3NO2/c1-20(6-7-22-15-5-3-2-4-14(15)19)16(21)11-8-12(17)10-13(18)9-11/h2-5,8-10H,6-7H2,1H3. The van der Waals surface area contributed by atoms with Crippen molar-refractivity contribution in [3.05, 3.63) is 65.5 Å². The quantitative estimate of drug-likeness (QED) is 0.848. The van der Waals surface area contributed by atoms with Crippen LogP contribution in [-0.4, -0.2) is 31.0 Å². The zero-order chi connectivity index (χ0) is 16.1. The Bertz CT molecular complexity index is 656. The van der Waals surface area contributed by atoms with Gasteiger partial charge in [-0.1, -0.05) is 12.1 Å². The Kier molecular flexibility index (Phi) is 5.04. The van der Waals surface area contributed by atoms with Gasteiger partial charge in [0.1, 0.15) is 18.2 Å². The predicted octanol–water partition coefficient (Wildman–Crippen LogP) is 3.25. The normalized spacial score (nSPS) is 10.4. The molecule has 0 heterocycles. The van der Waals surface area contributed by atoms with Crippen LogP contribution in [0.25, 0.3) is 0 Å². The average Bonchev–Trinajstić information content (AvgIpc) is 2.47. The molecule has 0 unspecified atom stereocenters. The van der Waals surface area contributed by atoms with Crippen molar-refractivity contribution in [2.45, 2.75) is 0 Å². The van der Waals surface area contributed by atoms with Crippen molar-refractivity contribution < 1.29 is 22.7 Å². The van der Waals surface area contributed by atoms with E-state index >= 15 is 0 Å². The van der Waals surface area contributed by atoms with Gasteiger partial charge in [0.15, 0.2) is 11.6 Å². The average molecular weight is 309 g/mol. The smallest absolute Gasteiger partial charge is 0.253 e. The van der Waals surface area contributed by atoms with E-state index in [-0.39, 0.29) is 24.5 Å². The number of hydrogen-bond donors (Lipinski definition) is 0. The summed E-state index contributed by atoms with van der Waals surface area (Å²) in [6.07, 6.45) is 0. The van der Waals surface area contributed by atoms with Gasteiger partial charge in [-0.2, -0.15) is 0 Å². The number of carbonyl (C=O) groups is 1. The van der Waals surface area contributed by atoms with Crippen LogP contribution in [-0.2, 0) is 0 Å². The number of halogens is 3. The van der Waals surface area contributed by atoms with Crippen LogP contribution < -0.4 is 4.74 Å². The van der Waals surface area contributed by atoms with Crippen LogP contribution in [0.1, 0.15) is 10.4 Å². The lowest BCUT2D eigenvalue weighted by atomic mass is 10.2. The van der Waals surface area contributed by atoms with Gasteiger partial charge >= 0.3 is 0 Å². The van der Waals surface area contributed by atoms with E-state index in [4.69, 9.17) is 4.74 Å². The molecule has 0 spiro atoms. The molecule has 3 nitrogen and oxygen atoms in total. The van der Waals surface area contributed by atoms with E-state index in [1.165, 1.54) is 30.1 Å². The maximum absolute atomic E-state index is 13.3. The van der Waals surface area contributed by atoms with Gasteiger partial charge in [-0.3, -0.25) is 4.79 Å². The van der Waals surface area contributed by atoms with Crippen LogP contribution in [0, 0.1) is 17.5 Å². The van der Waals surface area contributed by atoms with Crippen molar-refractivity contribution >= 4 is 5.91 Å². The fourth-order valence-corrected chi connectivity index (χ4v) is 1.85. The molecule has 0 aliphatic heterocycles. The van der Waals surface area contributed by atoms with E-state index in [1.54, 1.807) is 6.07 Å². The second-order valence-corrected chi connectivity index (χ2v) is 4.66. The van der Waals surface area contributed by atoms with Crippen molar-refractivity contribution in [3.8, 4) is 5.75 Å². The molecule has 0 aliphatic carbocycles. The van der Waals surface area contributed by atoms with Crippen LogP contribution in [0.15, 0.2) is 42.5 Å². The van der Waals surface area contributed by atoms with Gasteiger partial charge in [0.25, 0.3) is 5.91 Å². The molecule has 6 heteroatoms. The maximum Gasteiger partial charge on any atom is 0.253 e. The van der Waals surface area contributed by atoms with Crippen LogP contribution >= 0.6 is 0 Å². The minimum atomic E-state index is -0.820. The molecule has 0 fully saturated rings. The molecule has 2 rings (SSSR count). The van der Waals surface area contributed by atoms with Crippen molar-refractivity contribution in [1.82, 2.24) is 4.90 Å². The van der Waals surface area contributed by atoms with Gasteiger partial charge in [0, 0.05) is 18.7 Å². The lowest BCUT2D eigenvalue weighted by Crippen LogP contribution is -2.31. The molecule has 1 amide bonds. The first-order valence-electron chi connectivity index (χ1n) is 6.56. The Balaban J connectivity index is 1.93. The van der Waals surface area contributed by atoms with E-state index in [1.807, 2.05) is 0 Å². The fourth-order valence-electron chi connectivity index (χ4n) is 1.85. The van der Waals surface area contributed by atoms with E-state index < -0.39 is 23.4 Å². The number of hydrogen-bond acceptors (Lipinski definition) is 2. The molecule has 0 bridgehead atoms. The summed E-state index contributed by atoms with van der Waals surface area (Å²) in [4.78, 5) is 13.3. The third-order valence-corrected chi connectivity index (χ3v) is 2.98. The number of nitrogens with zero attached hydrogens (tertiary/aromatic N) is 1. The SMILES string of the molecule is CN(CCOc1ccccc1F)C(=O)c1cc(F)cc(F)c1. The summed E-state index contributed by atoms with van der Waals surface area (Å²) in [6.45, 7) is 0.201. The number of ether oxygens (including phenoxy) is 1. The highest BCUT2D eigenvalue weighted by Crippen LogP contribution is 2.15. The monoisotopic (exact) mass is 309 g/mol. The molecule has 0 radical (unpaired) electrons. The van der Waals surface area contributed by atoms with Gasteiger partial charge in [-0.05, 0) is 24.3 Å². The van der Waals surface area contributed by atoms with Gasteiger partial charge in [-0.15, -0.1) is 0 Å². The lowest BCUT2D eigenvalue weighted by Gasteiger charge is -2.17. The third-order valence-electron chi connectivity index (χ3n) is 2.98. The van der Waals surface area contributed by atoms with E-state index in [9.17, 15) is 18.0 Å². The minimum absolute atomic E-state index is 0.0565. The minimum Gasteiger partial charge on any atom is -0.489 e. The zero-order valence-electron chi connectivity index (χ0n) is 11.9. The molecule has 116 valence electrons. The Morgan fingerprint density at radius 3 is 2.36 bits per heavy atom. The molecule has 22 heavy (non-hydrogen) atoms. The van der Waals surface area contributed by atoms with Crippen LogP contribution in [0.3, 0.4) is 0 Å². The topological polar surface area (TPSA) is 29.5 Å². The summed E-state index contributed by atoms with van der Waals surface area (Å²) in [5.41, 5.74) is -0.0918. The number of carbonyl (C=O) groups excluding carboxylic acids is 1. The zero-order valence-corrected chi connectivity index (χ0v) is 11.9. The van der Waals surface area contributed by atoms with Gasteiger partial charge in [-0.25, -0.2) is 13.2 Å². The van der Waals surface area contributed by atoms with Gasteiger partial charge in [0.05, 0.1) is 6.54 Å². The summed E-state index contributed by atoms with van der Waals surface area (Å²) < 4.78 is 44.7. The highest BCUT2D eigenvalue weighted by Gasteiger charge is 2.14. The summed E-state index contributed by atoms with van der Waals surface area (Å²) in [7, 11) is 1.47. The molecule has 0 saturated carbocycles. The van der Waals surface area contributed by atoms with Crippen LogP contribution in [0.4, 0.5) is 13.2 Å². The Morgan fingerprint density at radius 1 is 1.09 bits per heavy atom. The largest absolute Gasteiger partial charge is 0.489 e. The van der Waals surface area contributed by atoms with E-state index in [0.29, 0.717) is 6.07 Å². The predicted molar refractivity (Wildman–Crippen MR) is 75.2 cm³/mol. The van der Waals surface area contributed by atoms with Crippen molar-refractivity contribution in [2.75, 3.05) is 20.2 Å². The molecule has 0 aliphatic rings. The highest BCUT2D eigenvalue weighted by molar-refractivity contribution is 5.94. The first kappa shape index (κ1) is 15.9. The second kappa shape index (κ2) is 6.98. The summed E-state index contributed by atoms with van der Waals surface area (Å²) in [5, 5.41) is 0. The molecule has 0 N–H and O–H groups in total. The fraction of sp³-hybridized carbons (Fsp3) is 0.188. The first-order chi connectivity index (χ1) is 10.5. The Labute approximate surface area is 125 Å². The number of rotatable bonds is 5. The summed E-state index contributed by atoms with van der Waals surface area (Å²) in [6, 6.07) is 8.51. The summed E-state index contributed by atoms with van der Waals surface area (Å²) >= 11 is 0. The third kappa shape index (κ3) is 4.00. The second-order valence-electron chi connectivity index (χ2n) is 4.66. The molecular weight excluding hydrogens is 295 g/mol. The molecule has 2 aromatic carbocycles. The molecule has 0 atom stereocenters. The van der Waals surface area contributed by atoms with Crippen molar-refractivity contribution in [1.29, 1.82) is 0 Å². The molecule has 0 aromatic heterocycles. The van der Waals surface area contributed by atoms with Crippen molar-refractivity contribution in [3.63, 3.8) is 0 Å². The van der Waals surface area contributed by atoms with Gasteiger partial charge in [0.2, 0.25) is 0 Å². The maximum atomic E-state index is 13.3. The summed E-state index contributed by atoms with van der Waals surface area (Å²) in [5.74, 6) is -2.60. The van der Waals surface area contributed by atoms with E-state index in [2.05, 4.69) is 0 Å². The van der Waals surface area contributed by atoms with Gasteiger partial charge < -0.3 is 9.64 Å². The number of amides is 1. The Morgan fingerprint density at radius 2 is 1.73 bits per heavy atom. The Hall–Kier alpha value is -2.50.